The molecule has 1 aliphatic carbocycles. The molecule has 0 bridgehead atoms. The van der Waals surface area contributed by atoms with Crippen LogP contribution in [0.4, 0.5) is 31.1 Å². The number of alkyl halides is 6. The van der Waals surface area contributed by atoms with Crippen LogP contribution in [0.2, 0.25) is 0 Å². The van der Waals surface area contributed by atoms with E-state index >= 15 is 0 Å². The molecule has 0 spiro atoms. The van der Waals surface area contributed by atoms with Crippen LogP contribution >= 0.6 is 12.4 Å². The molecule has 12 heteroatoms. The summed E-state index contributed by atoms with van der Waals surface area (Å²) in [6.07, 6.45) is -9.98. The highest BCUT2D eigenvalue weighted by molar-refractivity contribution is 5.85. The molecule has 2 aromatic rings. The molecule has 4 rings (SSSR count). The number of fused-ring (bicyclic) bond motifs is 1. The molecular weight excluding hydrogens is 528 g/mol. The van der Waals surface area contributed by atoms with Gasteiger partial charge >= 0.3 is 18.5 Å². The topological polar surface area (TPSA) is 59.0 Å². The van der Waals surface area contributed by atoms with Crippen LogP contribution in [-0.4, -0.2) is 41.9 Å². The van der Waals surface area contributed by atoms with E-state index in [1.807, 2.05) is 13.0 Å². The van der Waals surface area contributed by atoms with E-state index in [-0.39, 0.29) is 30.1 Å². The zero-order valence-electron chi connectivity index (χ0n) is 19.6. The van der Waals surface area contributed by atoms with Gasteiger partial charge in [-0.3, -0.25) is 4.90 Å². The van der Waals surface area contributed by atoms with Crippen molar-refractivity contribution >= 4 is 24.1 Å². The highest BCUT2D eigenvalue weighted by Gasteiger charge is 2.38. The summed E-state index contributed by atoms with van der Waals surface area (Å²) in [5.41, 5.74) is 1.12. The van der Waals surface area contributed by atoms with Crippen molar-refractivity contribution in [3.05, 3.63) is 69.8 Å². The summed E-state index contributed by atoms with van der Waals surface area (Å²) in [7, 11) is 0. The minimum Gasteiger partial charge on any atom is -0.489 e. The van der Waals surface area contributed by atoms with Gasteiger partial charge in [-0.2, -0.15) is 26.3 Å². The van der Waals surface area contributed by atoms with E-state index in [9.17, 15) is 31.1 Å². The van der Waals surface area contributed by atoms with E-state index in [1.54, 1.807) is 12.1 Å². The maximum absolute atomic E-state index is 13.4. The van der Waals surface area contributed by atoms with Crippen molar-refractivity contribution in [1.29, 1.82) is 0 Å². The summed E-state index contributed by atoms with van der Waals surface area (Å²) in [5.74, 6) is 0.328. The van der Waals surface area contributed by atoms with E-state index in [0.29, 0.717) is 37.9 Å². The van der Waals surface area contributed by atoms with Gasteiger partial charge < -0.3 is 14.6 Å². The summed E-state index contributed by atoms with van der Waals surface area (Å²) < 4.78 is 89.1. The number of ether oxygens (including phenoxy) is 2. The zero-order chi connectivity index (χ0) is 26.3. The van der Waals surface area contributed by atoms with Crippen molar-refractivity contribution in [3.63, 3.8) is 0 Å². The Morgan fingerprint density at radius 2 is 1.73 bits per heavy atom. The standard InChI is InChI=1S/C25H23F6NO4.ClH/c1-14-16(10-32-11-20(12-32)36-23(33)34)3-2-15-8-19(6-7-21(14)15)35-13-17-4-5-18(24(26,27)28)9-22(17)25(29,30)31;/h4-9,20H,2-3,10-13H2,1H3,(H,33,34);1H. The molecule has 2 aromatic carbocycles. The molecule has 1 saturated heterocycles. The molecule has 0 amide bonds. The van der Waals surface area contributed by atoms with Gasteiger partial charge in [0.25, 0.3) is 0 Å². The monoisotopic (exact) mass is 551 g/mol. The lowest BCUT2D eigenvalue weighted by molar-refractivity contribution is -0.143. The molecule has 1 N–H and O–H groups in total. The van der Waals surface area contributed by atoms with E-state index in [2.05, 4.69) is 4.90 Å². The maximum atomic E-state index is 13.4. The van der Waals surface area contributed by atoms with Crippen LogP contribution in [0.25, 0.3) is 5.57 Å². The first-order chi connectivity index (χ1) is 16.8. The van der Waals surface area contributed by atoms with Crippen molar-refractivity contribution in [3.8, 4) is 5.75 Å². The van der Waals surface area contributed by atoms with Crippen LogP contribution in [0.15, 0.2) is 42.0 Å². The number of rotatable bonds is 6. The molecule has 0 saturated carbocycles. The second kappa shape index (κ2) is 10.8. The van der Waals surface area contributed by atoms with Gasteiger partial charge in [-0.05, 0) is 60.7 Å². The van der Waals surface area contributed by atoms with Crippen LogP contribution < -0.4 is 4.74 Å². The van der Waals surface area contributed by atoms with Gasteiger partial charge in [0.15, 0.2) is 0 Å². The molecule has 1 heterocycles. The Morgan fingerprint density at radius 1 is 1.03 bits per heavy atom. The number of hydrogen-bond acceptors (Lipinski definition) is 4. The highest BCUT2D eigenvalue weighted by Crippen LogP contribution is 2.38. The Bertz CT molecular complexity index is 1190. The predicted molar refractivity (Wildman–Crippen MR) is 125 cm³/mol. The zero-order valence-corrected chi connectivity index (χ0v) is 20.4. The average molecular weight is 552 g/mol. The van der Waals surface area contributed by atoms with Gasteiger partial charge in [0.05, 0.1) is 11.1 Å². The highest BCUT2D eigenvalue weighted by atomic mass is 35.5. The third-order valence-electron chi connectivity index (χ3n) is 6.45. The number of allylic oxidation sites excluding steroid dienone is 1. The first-order valence-corrected chi connectivity index (χ1v) is 11.1. The van der Waals surface area contributed by atoms with Crippen molar-refractivity contribution < 1.29 is 45.7 Å². The fourth-order valence-electron chi connectivity index (χ4n) is 4.54. The van der Waals surface area contributed by atoms with Gasteiger partial charge in [0, 0.05) is 25.2 Å². The number of aryl methyl sites for hydroxylation is 1. The van der Waals surface area contributed by atoms with Crippen LogP contribution in [0, 0.1) is 0 Å². The molecule has 0 atom stereocenters. The predicted octanol–water partition coefficient (Wildman–Crippen LogP) is 6.82. The fourth-order valence-corrected chi connectivity index (χ4v) is 4.54. The number of halogens is 7. The molecule has 1 aliphatic heterocycles. The van der Waals surface area contributed by atoms with Crippen LogP contribution in [0.5, 0.6) is 5.75 Å². The Kier molecular flexibility index (Phi) is 8.38. The smallest absolute Gasteiger partial charge is 0.489 e. The average Bonchev–Trinajstić information content (AvgIpc) is 2.76. The number of likely N-dealkylation sites (tertiary alicyclic amines) is 1. The molecule has 0 aromatic heterocycles. The first-order valence-electron chi connectivity index (χ1n) is 11.1. The third kappa shape index (κ3) is 6.70. The van der Waals surface area contributed by atoms with Gasteiger partial charge in [-0.25, -0.2) is 4.79 Å². The van der Waals surface area contributed by atoms with Gasteiger partial charge in [-0.1, -0.05) is 17.7 Å². The van der Waals surface area contributed by atoms with Gasteiger partial charge in [-0.15, -0.1) is 12.4 Å². The second-order valence-corrected chi connectivity index (χ2v) is 8.90. The number of benzene rings is 2. The van der Waals surface area contributed by atoms with Gasteiger partial charge in [0.1, 0.15) is 18.5 Å². The van der Waals surface area contributed by atoms with Crippen LogP contribution in [0.3, 0.4) is 0 Å². The summed E-state index contributed by atoms with van der Waals surface area (Å²) in [4.78, 5) is 12.7. The number of nitrogens with zero attached hydrogens (tertiary/aromatic N) is 1. The number of carbonyl (C=O) groups is 1. The lowest BCUT2D eigenvalue weighted by Gasteiger charge is -2.39. The molecule has 1 fully saturated rings. The summed E-state index contributed by atoms with van der Waals surface area (Å²) in [6, 6.07) is 6.71. The van der Waals surface area contributed by atoms with Crippen molar-refractivity contribution in [2.75, 3.05) is 19.6 Å². The van der Waals surface area contributed by atoms with Crippen LogP contribution in [0.1, 0.15) is 41.2 Å². The second-order valence-electron chi connectivity index (χ2n) is 8.90. The SMILES string of the molecule is CC1=C(CN2CC(OC(=O)O)C2)CCc2cc(OCc3ccc(C(F)(F)F)cc3C(F)(F)F)ccc21.Cl. The molecule has 5 nitrogen and oxygen atoms in total. The van der Waals surface area contributed by atoms with E-state index < -0.39 is 36.2 Å². The molecule has 0 radical (unpaired) electrons. The number of hydrogen-bond donors (Lipinski definition) is 1. The van der Waals surface area contributed by atoms with E-state index in [4.69, 9.17) is 14.6 Å². The van der Waals surface area contributed by atoms with Crippen molar-refractivity contribution in [2.24, 2.45) is 0 Å². The summed E-state index contributed by atoms with van der Waals surface area (Å²) in [6.45, 7) is 3.22. The molecule has 37 heavy (non-hydrogen) atoms. The first kappa shape index (κ1) is 28.6. The minimum absolute atomic E-state index is 0. The quantitative estimate of drug-likeness (QED) is 0.315. The van der Waals surface area contributed by atoms with Crippen LogP contribution in [-0.2, 0) is 30.1 Å². The molecular formula is C25H24ClF6NO4. The lowest BCUT2D eigenvalue weighted by Crippen LogP contribution is -2.53. The summed E-state index contributed by atoms with van der Waals surface area (Å²) >= 11 is 0. The third-order valence-corrected chi connectivity index (χ3v) is 6.45. The van der Waals surface area contributed by atoms with E-state index in [1.165, 1.54) is 5.57 Å². The fraction of sp³-hybridized carbons (Fsp3) is 0.400. The minimum atomic E-state index is -4.95. The van der Waals surface area contributed by atoms with E-state index in [0.717, 1.165) is 29.2 Å². The molecule has 202 valence electrons. The van der Waals surface area contributed by atoms with Gasteiger partial charge in [0.2, 0.25) is 0 Å². The Hall–Kier alpha value is -2.92. The normalized spacial score (nSPS) is 16.5. The lowest BCUT2D eigenvalue weighted by atomic mass is 9.85. The largest absolute Gasteiger partial charge is 0.506 e. The van der Waals surface area contributed by atoms with Crippen molar-refractivity contribution in [2.45, 2.75) is 44.8 Å². The van der Waals surface area contributed by atoms with Crippen molar-refractivity contribution in [1.82, 2.24) is 4.90 Å². The maximum Gasteiger partial charge on any atom is 0.506 e. The Labute approximate surface area is 215 Å². The Morgan fingerprint density at radius 3 is 2.35 bits per heavy atom. The molecule has 0 unspecified atom stereocenters. The summed E-state index contributed by atoms with van der Waals surface area (Å²) in [5, 5.41) is 8.67. The Balaban J connectivity index is 0.00000380. The number of carboxylic acid groups (broad SMARTS) is 1. The molecule has 2 aliphatic rings.